The van der Waals surface area contributed by atoms with Crippen molar-refractivity contribution in [2.75, 3.05) is 6.54 Å². The van der Waals surface area contributed by atoms with E-state index in [1.807, 2.05) is 0 Å². The van der Waals surface area contributed by atoms with Crippen molar-refractivity contribution in [3.05, 3.63) is 46.0 Å². The average molecular weight is 331 g/mol. The number of aliphatic hydroxyl groups is 1. The summed E-state index contributed by atoms with van der Waals surface area (Å²) in [6.07, 6.45) is -5.53. The van der Waals surface area contributed by atoms with Crippen LogP contribution in [0.15, 0.2) is 24.3 Å². The van der Waals surface area contributed by atoms with E-state index in [0.29, 0.717) is 10.6 Å². The lowest BCUT2D eigenvalue weighted by Gasteiger charge is -2.13. The van der Waals surface area contributed by atoms with Crippen molar-refractivity contribution in [1.29, 1.82) is 0 Å². The summed E-state index contributed by atoms with van der Waals surface area (Å²) in [7, 11) is 0. The Morgan fingerprint density at radius 2 is 2.00 bits per heavy atom. The van der Waals surface area contributed by atoms with E-state index in [0.717, 1.165) is 23.7 Å². The maximum absolute atomic E-state index is 12.4. The fourth-order valence-corrected chi connectivity index (χ4v) is 2.29. The molecule has 1 amide bonds. The number of aliphatic hydroxyl groups excluding tert-OH is 1. The predicted octanol–water partition coefficient (Wildman–Crippen LogP) is 2.33. The van der Waals surface area contributed by atoms with Crippen molar-refractivity contribution in [3.8, 4) is 0 Å². The monoisotopic (exact) mass is 331 g/mol. The molecule has 0 saturated carbocycles. The lowest BCUT2D eigenvalue weighted by Crippen LogP contribution is -2.28. The van der Waals surface area contributed by atoms with Crippen molar-refractivity contribution in [2.45, 2.75) is 19.2 Å². The molecular weight excluding hydrogens is 319 g/mol. The summed E-state index contributed by atoms with van der Waals surface area (Å²) in [5, 5.41) is 16.1. The van der Waals surface area contributed by atoms with Gasteiger partial charge in [0, 0.05) is 6.54 Å². The average Bonchev–Trinajstić information content (AvgIpc) is 2.90. The number of aromatic nitrogens is 2. The molecule has 0 aliphatic carbocycles. The third-order valence-corrected chi connectivity index (χ3v) is 3.76. The lowest BCUT2D eigenvalue weighted by molar-refractivity contribution is -0.137. The summed E-state index contributed by atoms with van der Waals surface area (Å²) in [5.41, 5.74) is -0.0298. The zero-order chi connectivity index (χ0) is 16.3. The zero-order valence-electron chi connectivity index (χ0n) is 11.4. The Hall–Kier alpha value is -2.00. The van der Waals surface area contributed by atoms with Gasteiger partial charge in [0.05, 0.1) is 17.4 Å². The number of carbonyl (C=O) groups is 1. The van der Waals surface area contributed by atoms with Crippen molar-refractivity contribution in [1.82, 2.24) is 14.9 Å². The molecule has 0 fully saturated rings. The summed E-state index contributed by atoms with van der Waals surface area (Å²) < 4.78 is 40.9. The molecule has 1 heterocycles. The maximum atomic E-state index is 12.4. The van der Waals surface area contributed by atoms with Crippen LogP contribution in [-0.4, -0.2) is 27.1 Å². The first kappa shape index (κ1) is 16.4. The molecule has 0 saturated heterocycles. The Morgan fingerprint density at radius 1 is 1.36 bits per heavy atom. The largest absolute Gasteiger partial charge is 0.416 e. The number of alkyl halides is 3. The van der Waals surface area contributed by atoms with E-state index in [-0.39, 0.29) is 12.1 Å². The molecule has 1 atom stereocenters. The van der Waals surface area contributed by atoms with Gasteiger partial charge in [-0.1, -0.05) is 16.6 Å². The Labute approximate surface area is 128 Å². The molecule has 0 radical (unpaired) electrons. The van der Waals surface area contributed by atoms with E-state index < -0.39 is 23.8 Å². The van der Waals surface area contributed by atoms with Crippen LogP contribution in [0.5, 0.6) is 0 Å². The van der Waals surface area contributed by atoms with Crippen LogP contribution in [-0.2, 0) is 6.18 Å². The van der Waals surface area contributed by atoms with Gasteiger partial charge in [-0.25, -0.2) is 0 Å². The van der Waals surface area contributed by atoms with Gasteiger partial charge in [0.25, 0.3) is 5.91 Å². The molecule has 0 spiro atoms. The highest BCUT2D eigenvalue weighted by Gasteiger charge is 2.30. The van der Waals surface area contributed by atoms with Crippen molar-refractivity contribution >= 4 is 17.4 Å². The van der Waals surface area contributed by atoms with Gasteiger partial charge in [0.1, 0.15) is 4.88 Å². The molecule has 22 heavy (non-hydrogen) atoms. The smallest absolute Gasteiger partial charge is 0.387 e. The Kier molecular flexibility index (Phi) is 4.77. The standard InChI is InChI=1S/C13H12F3N3O2S/c1-7-11(22-19-18-7)12(21)17-6-10(20)8-2-4-9(5-3-8)13(14,15)16/h2-5,10,20H,6H2,1H3,(H,17,21). The van der Waals surface area contributed by atoms with Crippen LogP contribution >= 0.6 is 11.5 Å². The number of aryl methyl sites for hydroxylation is 1. The number of benzene rings is 1. The van der Waals surface area contributed by atoms with Crippen molar-refractivity contribution in [2.24, 2.45) is 0 Å². The van der Waals surface area contributed by atoms with Gasteiger partial charge >= 0.3 is 6.18 Å². The molecule has 2 N–H and O–H groups in total. The van der Waals surface area contributed by atoms with Crippen LogP contribution in [0.1, 0.15) is 32.6 Å². The molecular formula is C13H12F3N3O2S. The minimum Gasteiger partial charge on any atom is -0.387 e. The van der Waals surface area contributed by atoms with E-state index in [1.165, 1.54) is 12.1 Å². The quantitative estimate of drug-likeness (QED) is 0.902. The Balaban J connectivity index is 1.96. The summed E-state index contributed by atoms with van der Waals surface area (Å²) >= 11 is 0.930. The first-order valence-corrected chi connectivity index (χ1v) is 6.98. The van der Waals surface area contributed by atoms with E-state index in [1.54, 1.807) is 6.92 Å². The summed E-state index contributed by atoms with van der Waals surface area (Å²) in [6.45, 7) is 1.51. The van der Waals surface area contributed by atoms with Crippen LogP contribution in [0.25, 0.3) is 0 Å². The van der Waals surface area contributed by atoms with Crippen molar-refractivity contribution < 1.29 is 23.1 Å². The van der Waals surface area contributed by atoms with Gasteiger partial charge in [-0.3, -0.25) is 4.79 Å². The molecule has 0 aliphatic heterocycles. The zero-order valence-corrected chi connectivity index (χ0v) is 12.2. The number of halogens is 3. The van der Waals surface area contributed by atoms with Crippen LogP contribution in [0, 0.1) is 6.92 Å². The van der Waals surface area contributed by atoms with E-state index in [4.69, 9.17) is 0 Å². The fourth-order valence-electron chi connectivity index (χ4n) is 1.72. The molecule has 1 aromatic carbocycles. The van der Waals surface area contributed by atoms with Gasteiger partial charge in [0.15, 0.2) is 0 Å². The van der Waals surface area contributed by atoms with Crippen molar-refractivity contribution in [3.63, 3.8) is 0 Å². The highest BCUT2D eigenvalue weighted by molar-refractivity contribution is 7.07. The summed E-state index contributed by atoms with van der Waals surface area (Å²) in [6, 6.07) is 4.13. The third-order valence-electron chi connectivity index (χ3n) is 2.94. The topological polar surface area (TPSA) is 75.1 Å². The molecule has 2 aromatic rings. The van der Waals surface area contributed by atoms with Crippen LogP contribution in [0.4, 0.5) is 13.2 Å². The highest BCUT2D eigenvalue weighted by atomic mass is 32.1. The summed E-state index contributed by atoms with van der Waals surface area (Å²) in [5.74, 6) is -0.432. The second-order valence-corrected chi connectivity index (χ2v) is 5.29. The molecule has 1 aromatic heterocycles. The van der Waals surface area contributed by atoms with Crippen LogP contribution in [0.3, 0.4) is 0 Å². The molecule has 5 nitrogen and oxygen atoms in total. The van der Waals surface area contributed by atoms with Gasteiger partial charge in [-0.05, 0) is 36.2 Å². The van der Waals surface area contributed by atoms with Gasteiger partial charge in [0.2, 0.25) is 0 Å². The van der Waals surface area contributed by atoms with E-state index in [9.17, 15) is 23.1 Å². The number of hydrogen-bond acceptors (Lipinski definition) is 5. The summed E-state index contributed by atoms with van der Waals surface area (Å²) in [4.78, 5) is 12.1. The first-order chi connectivity index (χ1) is 10.3. The molecule has 0 bridgehead atoms. The Bertz CT molecular complexity index is 655. The van der Waals surface area contributed by atoms with Gasteiger partial charge < -0.3 is 10.4 Å². The highest BCUT2D eigenvalue weighted by Crippen LogP contribution is 2.29. The normalized spacial score (nSPS) is 13.0. The SMILES string of the molecule is Cc1nnsc1C(=O)NCC(O)c1ccc(C(F)(F)F)cc1. The number of rotatable bonds is 4. The first-order valence-electron chi connectivity index (χ1n) is 6.21. The number of carbonyl (C=O) groups excluding carboxylic acids is 1. The molecule has 1 unspecified atom stereocenters. The predicted molar refractivity (Wildman–Crippen MR) is 73.4 cm³/mol. The van der Waals surface area contributed by atoms with Gasteiger partial charge in [-0.15, -0.1) is 5.10 Å². The lowest BCUT2D eigenvalue weighted by atomic mass is 10.1. The maximum Gasteiger partial charge on any atom is 0.416 e. The number of nitrogens with zero attached hydrogens (tertiary/aromatic N) is 2. The second kappa shape index (κ2) is 6.41. The molecule has 0 aliphatic rings. The van der Waals surface area contributed by atoms with E-state index in [2.05, 4.69) is 14.9 Å². The van der Waals surface area contributed by atoms with Crippen LogP contribution in [0.2, 0.25) is 0 Å². The number of hydrogen-bond donors (Lipinski definition) is 2. The van der Waals surface area contributed by atoms with Crippen LogP contribution < -0.4 is 5.32 Å². The molecule has 9 heteroatoms. The molecule has 118 valence electrons. The second-order valence-electron chi connectivity index (χ2n) is 4.53. The number of amides is 1. The third kappa shape index (κ3) is 3.80. The minimum absolute atomic E-state index is 0.123. The van der Waals surface area contributed by atoms with Gasteiger partial charge in [-0.2, -0.15) is 13.2 Å². The van der Waals surface area contributed by atoms with E-state index >= 15 is 0 Å². The Morgan fingerprint density at radius 3 is 2.50 bits per heavy atom. The minimum atomic E-state index is -4.42. The number of nitrogens with one attached hydrogen (secondary N) is 1. The fraction of sp³-hybridized carbons (Fsp3) is 0.308. The molecule has 2 rings (SSSR count).